The fourth-order valence-corrected chi connectivity index (χ4v) is 2.74. The topological polar surface area (TPSA) is 18.0 Å². The van der Waals surface area contributed by atoms with Gasteiger partial charge in [0, 0.05) is 14.7 Å². The summed E-state index contributed by atoms with van der Waals surface area (Å²) in [4.78, 5) is 0. The molecular weight excluding hydrogens is 276 g/mol. The van der Waals surface area contributed by atoms with Gasteiger partial charge in [-0.3, -0.25) is 0 Å². The molecule has 0 aliphatic rings. The quantitative estimate of drug-likeness (QED) is 0.424. The Kier molecular flexibility index (Phi) is 5.59. The van der Waals surface area contributed by atoms with Crippen LogP contribution in [-0.4, -0.2) is 19.2 Å². The molecular formula is C14H23ClN2OSi. The summed E-state index contributed by atoms with van der Waals surface area (Å²) in [6.45, 7) is 8.64. The van der Waals surface area contributed by atoms with Gasteiger partial charge < -0.3 is 17.1 Å². The van der Waals surface area contributed by atoms with Crippen molar-refractivity contribution in [2.24, 2.45) is 7.05 Å². The Balaban J connectivity index is 0.00000180. The number of halogens is 1. The van der Waals surface area contributed by atoms with Gasteiger partial charge in [-0.1, -0.05) is 31.8 Å². The van der Waals surface area contributed by atoms with E-state index in [1.54, 1.807) is 0 Å². The van der Waals surface area contributed by atoms with Crippen LogP contribution in [0.25, 0.3) is 11.0 Å². The van der Waals surface area contributed by atoms with Crippen LogP contribution in [0.4, 0.5) is 0 Å². The van der Waals surface area contributed by atoms with Gasteiger partial charge in [-0.15, -0.1) is 0 Å². The first-order valence-corrected chi connectivity index (χ1v) is 10.2. The van der Waals surface area contributed by atoms with Crippen molar-refractivity contribution in [1.29, 1.82) is 0 Å². The number of hydrogen-bond donors (Lipinski definition) is 0. The maximum atomic E-state index is 5.80. The molecule has 0 N–H and O–H groups in total. The Hall–Kier alpha value is -0.843. The van der Waals surface area contributed by atoms with Crippen LogP contribution in [0.5, 0.6) is 0 Å². The fraction of sp³-hybridized carbons (Fsp3) is 0.500. The van der Waals surface area contributed by atoms with Crippen molar-refractivity contribution in [3.8, 4) is 0 Å². The van der Waals surface area contributed by atoms with Crippen LogP contribution < -0.4 is 17.0 Å². The number of rotatable bonds is 5. The van der Waals surface area contributed by atoms with Crippen LogP contribution in [0, 0.1) is 0 Å². The molecule has 5 heteroatoms. The maximum Gasteiger partial charge on any atom is 0.246 e. The lowest BCUT2D eigenvalue weighted by Crippen LogP contribution is -3.00. The lowest BCUT2D eigenvalue weighted by atomic mass is 10.3. The van der Waals surface area contributed by atoms with E-state index < -0.39 is 8.07 Å². The summed E-state index contributed by atoms with van der Waals surface area (Å²) in [6.07, 6.45) is 2.10. The molecule has 0 atom stereocenters. The SMILES string of the molecule is C[n+]1cn(COCC[Si](C)(C)C)c2ccccc21.[Cl-]. The lowest BCUT2D eigenvalue weighted by molar-refractivity contribution is -0.646. The summed E-state index contributed by atoms with van der Waals surface area (Å²) < 4.78 is 10.1. The van der Waals surface area contributed by atoms with Crippen molar-refractivity contribution in [3.63, 3.8) is 0 Å². The summed E-state index contributed by atoms with van der Waals surface area (Å²) in [5.41, 5.74) is 2.47. The van der Waals surface area contributed by atoms with Gasteiger partial charge >= 0.3 is 0 Å². The summed E-state index contributed by atoms with van der Waals surface area (Å²) in [5.74, 6) is 0. The minimum atomic E-state index is -0.983. The highest BCUT2D eigenvalue weighted by Crippen LogP contribution is 2.11. The number of nitrogens with zero attached hydrogens (tertiary/aromatic N) is 2. The number of aromatic nitrogens is 2. The number of fused-ring (bicyclic) bond motifs is 1. The zero-order valence-corrected chi connectivity index (χ0v) is 13.9. The second kappa shape index (κ2) is 6.55. The molecule has 0 bridgehead atoms. The number of para-hydroxylation sites is 2. The molecule has 3 nitrogen and oxygen atoms in total. The molecule has 106 valence electrons. The standard InChI is InChI=1S/C14H23N2OSi.ClH/c1-15-11-16(12-17-9-10-18(2,3)4)14-8-6-5-7-13(14)15;/h5-8,11H,9-10,12H2,1-4H3;1H/q+1;/p-1. The summed E-state index contributed by atoms with van der Waals surface area (Å²) >= 11 is 0. The van der Waals surface area contributed by atoms with Crippen molar-refractivity contribution >= 4 is 19.1 Å². The number of aryl methyl sites for hydroxylation is 1. The second-order valence-electron chi connectivity index (χ2n) is 6.03. The molecule has 0 radical (unpaired) electrons. The van der Waals surface area contributed by atoms with Gasteiger partial charge in [0.15, 0.2) is 17.8 Å². The molecule has 0 fully saturated rings. The zero-order chi connectivity index (χ0) is 13.2. The third-order valence-electron chi connectivity index (χ3n) is 3.11. The Labute approximate surface area is 122 Å². The van der Waals surface area contributed by atoms with Crippen LogP contribution in [0.3, 0.4) is 0 Å². The van der Waals surface area contributed by atoms with Gasteiger partial charge in [0.25, 0.3) is 0 Å². The zero-order valence-electron chi connectivity index (χ0n) is 12.2. The molecule has 1 heterocycles. The molecule has 0 saturated heterocycles. The number of ether oxygens (including phenoxy) is 1. The van der Waals surface area contributed by atoms with Crippen molar-refractivity contribution in [2.75, 3.05) is 6.61 Å². The second-order valence-corrected chi connectivity index (χ2v) is 11.7. The Bertz CT molecular complexity index is 534. The van der Waals surface area contributed by atoms with Crippen LogP contribution in [0.2, 0.25) is 25.7 Å². The minimum Gasteiger partial charge on any atom is -1.00 e. The van der Waals surface area contributed by atoms with E-state index in [0.717, 1.165) is 6.61 Å². The first-order chi connectivity index (χ1) is 8.47. The van der Waals surface area contributed by atoms with Gasteiger partial charge in [0.1, 0.15) is 0 Å². The van der Waals surface area contributed by atoms with E-state index in [2.05, 4.69) is 66.4 Å². The lowest BCUT2D eigenvalue weighted by Gasteiger charge is -2.14. The van der Waals surface area contributed by atoms with Crippen molar-refractivity contribution < 1.29 is 21.7 Å². The molecule has 1 aromatic heterocycles. The molecule has 0 aliphatic heterocycles. The van der Waals surface area contributed by atoms with E-state index in [9.17, 15) is 0 Å². The molecule has 2 aromatic rings. The van der Waals surface area contributed by atoms with E-state index in [4.69, 9.17) is 4.74 Å². The molecule has 2 rings (SSSR count). The van der Waals surface area contributed by atoms with E-state index in [0.29, 0.717) is 6.73 Å². The first kappa shape index (κ1) is 16.2. The molecule has 19 heavy (non-hydrogen) atoms. The highest BCUT2D eigenvalue weighted by Gasteiger charge is 2.14. The molecule has 0 aliphatic carbocycles. The normalized spacial score (nSPS) is 11.6. The Morgan fingerprint density at radius 2 is 1.89 bits per heavy atom. The van der Waals surface area contributed by atoms with E-state index >= 15 is 0 Å². The molecule has 0 amide bonds. The van der Waals surface area contributed by atoms with Crippen molar-refractivity contribution in [3.05, 3.63) is 30.6 Å². The van der Waals surface area contributed by atoms with Gasteiger partial charge in [-0.2, -0.15) is 0 Å². The van der Waals surface area contributed by atoms with Gasteiger partial charge in [-0.25, -0.2) is 9.13 Å². The minimum absolute atomic E-state index is 0. The van der Waals surface area contributed by atoms with Gasteiger partial charge in [0.2, 0.25) is 6.33 Å². The monoisotopic (exact) mass is 298 g/mol. The first-order valence-electron chi connectivity index (χ1n) is 6.49. The smallest absolute Gasteiger partial charge is 0.246 e. The Morgan fingerprint density at radius 3 is 2.58 bits per heavy atom. The Morgan fingerprint density at radius 1 is 1.21 bits per heavy atom. The summed E-state index contributed by atoms with van der Waals surface area (Å²) in [7, 11) is 1.09. The molecule has 0 unspecified atom stereocenters. The van der Waals surface area contributed by atoms with Crippen LogP contribution in [-0.2, 0) is 18.5 Å². The number of hydrogen-bond acceptors (Lipinski definition) is 1. The molecule has 0 saturated carbocycles. The van der Waals surface area contributed by atoms with Gasteiger partial charge in [0.05, 0.1) is 7.05 Å². The van der Waals surface area contributed by atoms with Crippen LogP contribution in [0.1, 0.15) is 0 Å². The predicted octanol–water partition coefficient (Wildman–Crippen LogP) is -0.218. The third kappa shape index (κ3) is 4.33. The number of imidazole rings is 1. The average molecular weight is 299 g/mol. The summed E-state index contributed by atoms with van der Waals surface area (Å²) in [6, 6.07) is 9.63. The molecule has 0 spiro atoms. The highest BCUT2D eigenvalue weighted by molar-refractivity contribution is 6.76. The largest absolute Gasteiger partial charge is 1.00 e. The summed E-state index contributed by atoms with van der Waals surface area (Å²) in [5, 5.41) is 0. The fourth-order valence-electron chi connectivity index (χ4n) is 1.98. The van der Waals surface area contributed by atoms with Crippen LogP contribution >= 0.6 is 0 Å². The highest BCUT2D eigenvalue weighted by atomic mass is 35.5. The average Bonchev–Trinajstić information content (AvgIpc) is 2.62. The molecule has 1 aromatic carbocycles. The number of benzene rings is 1. The maximum absolute atomic E-state index is 5.80. The van der Waals surface area contributed by atoms with Gasteiger partial charge in [-0.05, 0) is 18.2 Å². The van der Waals surface area contributed by atoms with E-state index in [-0.39, 0.29) is 12.4 Å². The van der Waals surface area contributed by atoms with Crippen LogP contribution in [0.15, 0.2) is 30.6 Å². The third-order valence-corrected chi connectivity index (χ3v) is 4.81. The van der Waals surface area contributed by atoms with E-state index in [1.165, 1.54) is 17.1 Å². The van der Waals surface area contributed by atoms with Crippen molar-refractivity contribution in [2.45, 2.75) is 32.4 Å². The predicted molar refractivity (Wildman–Crippen MR) is 77.2 cm³/mol. The van der Waals surface area contributed by atoms with Crippen molar-refractivity contribution in [1.82, 2.24) is 4.57 Å². The van der Waals surface area contributed by atoms with E-state index in [1.807, 2.05) is 0 Å².